The summed E-state index contributed by atoms with van der Waals surface area (Å²) in [6.07, 6.45) is 3.99. The Balaban J connectivity index is 1.67. The highest BCUT2D eigenvalue weighted by Gasteiger charge is 2.22. The molecule has 1 atom stereocenters. The molecule has 2 aliphatic heterocycles. The normalized spacial score (nSPS) is 31.1. The Kier molecular flexibility index (Phi) is 3.79. The molecule has 0 bridgehead atoms. The van der Waals surface area contributed by atoms with Crippen LogP contribution >= 0.6 is 0 Å². The molecule has 0 amide bonds. The molecule has 2 N–H and O–H groups in total. The Labute approximate surface area is 87.2 Å². The van der Waals surface area contributed by atoms with E-state index < -0.39 is 0 Å². The minimum absolute atomic E-state index is 0.744. The first-order valence-electron chi connectivity index (χ1n) is 6.07. The molecular formula is C11H23N3. The number of piperidine rings is 1. The molecule has 1 unspecified atom stereocenters. The van der Waals surface area contributed by atoms with E-state index in [1.165, 1.54) is 52.0 Å². The van der Waals surface area contributed by atoms with Gasteiger partial charge in [-0.25, -0.2) is 0 Å². The van der Waals surface area contributed by atoms with Gasteiger partial charge in [-0.2, -0.15) is 0 Å². The molecule has 3 nitrogen and oxygen atoms in total. The van der Waals surface area contributed by atoms with E-state index in [1.807, 2.05) is 0 Å². The lowest BCUT2D eigenvalue weighted by atomic mass is 10.0. The van der Waals surface area contributed by atoms with Crippen molar-refractivity contribution in [3.8, 4) is 0 Å². The molecule has 0 saturated carbocycles. The van der Waals surface area contributed by atoms with Crippen molar-refractivity contribution in [1.29, 1.82) is 0 Å². The lowest BCUT2D eigenvalue weighted by Gasteiger charge is -2.33. The summed E-state index contributed by atoms with van der Waals surface area (Å²) < 4.78 is 0. The topological polar surface area (TPSA) is 27.3 Å². The maximum atomic E-state index is 3.77. The van der Waals surface area contributed by atoms with Crippen LogP contribution in [0, 0.1) is 0 Å². The minimum atomic E-state index is 0.744. The number of nitrogens with one attached hydrogen (secondary N) is 2. The summed E-state index contributed by atoms with van der Waals surface area (Å²) in [4.78, 5) is 2.55. The monoisotopic (exact) mass is 197 g/mol. The van der Waals surface area contributed by atoms with E-state index in [2.05, 4.69) is 22.5 Å². The fourth-order valence-corrected chi connectivity index (χ4v) is 2.55. The highest BCUT2D eigenvalue weighted by Crippen LogP contribution is 2.11. The van der Waals surface area contributed by atoms with E-state index in [-0.39, 0.29) is 0 Å². The largest absolute Gasteiger partial charge is 0.315 e. The van der Waals surface area contributed by atoms with Crippen LogP contribution in [0.1, 0.15) is 26.2 Å². The second kappa shape index (κ2) is 5.10. The second-order valence-corrected chi connectivity index (χ2v) is 4.56. The maximum Gasteiger partial charge on any atom is 0.0207 e. The van der Waals surface area contributed by atoms with Gasteiger partial charge < -0.3 is 15.5 Å². The van der Waals surface area contributed by atoms with Crippen LogP contribution < -0.4 is 10.6 Å². The highest BCUT2D eigenvalue weighted by molar-refractivity contribution is 4.84. The molecule has 14 heavy (non-hydrogen) atoms. The standard InChI is InChI=1S/C11H23N3/c1-2-14-7-4-10(5-8-14)13-11-3-6-12-9-11/h10-13H,2-9H2,1H3. The number of rotatable bonds is 3. The van der Waals surface area contributed by atoms with Crippen molar-refractivity contribution in [3.05, 3.63) is 0 Å². The molecule has 3 heteroatoms. The van der Waals surface area contributed by atoms with Gasteiger partial charge in [-0.05, 0) is 45.4 Å². The third-order valence-corrected chi connectivity index (χ3v) is 3.57. The molecule has 0 aromatic heterocycles. The zero-order chi connectivity index (χ0) is 9.80. The van der Waals surface area contributed by atoms with Crippen molar-refractivity contribution in [3.63, 3.8) is 0 Å². The fourth-order valence-electron chi connectivity index (χ4n) is 2.55. The average Bonchev–Trinajstić information content (AvgIpc) is 2.72. The summed E-state index contributed by atoms with van der Waals surface area (Å²) in [6.45, 7) is 8.43. The Hall–Kier alpha value is -0.120. The molecule has 0 aromatic carbocycles. The van der Waals surface area contributed by atoms with Crippen molar-refractivity contribution < 1.29 is 0 Å². The van der Waals surface area contributed by atoms with Crippen LogP contribution in [0.15, 0.2) is 0 Å². The molecule has 82 valence electrons. The molecular weight excluding hydrogens is 174 g/mol. The van der Waals surface area contributed by atoms with Crippen molar-refractivity contribution in [2.24, 2.45) is 0 Å². The van der Waals surface area contributed by atoms with Gasteiger partial charge in [0.2, 0.25) is 0 Å². The molecule has 2 fully saturated rings. The molecule has 0 aromatic rings. The quantitative estimate of drug-likeness (QED) is 0.687. The van der Waals surface area contributed by atoms with E-state index in [4.69, 9.17) is 0 Å². The van der Waals surface area contributed by atoms with Gasteiger partial charge in [-0.1, -0.05) is 6.92 Å². The number of hydrogen-bond donors (Lipinski definition) is 2. The van der Waals surface area contributed by atoms with E-state index in [0.29, 0.717) is 0 Å². The zero-order valence-corrected chi connectivity index (χ0v) is 9.26. The van der Waals surface area contributed by atoms with Crippen LogP contribution in [0.4, 0.5) is 0 Å². The Bertz CT molecular complexity index is 158. The first-order chi connectivity index (χ1) is 6.88. The first-order valence-corrected chi connectivity index (χ1v) is 6.07. The van der Waals surface area contributed by atoms with E-state index in [9.17, 15) is 0 Å². The van der Waals surface area contributed by atoms with Gasteiger partial charge in [-0.3, -0.25) is 0 Å². The Morgan fingerprint density at radius 3 is 2.57 bits per heavy atom. The molecule has 2 saturated heterocycles. The predicted molar refractivity (Wildman–Crippen MR) is 59.5 cm³/mol. The van der Waals surface area contributed by atoms with E-state index in [0.717, 1.165) is 12.1 Å². The van der Waals surface area contributed by atoms with Gasteiger partial charge in [0.05, 0.1) is 0 Å². The average molecular weight is 197 g/mol. The van der Waals surface area contributed by atoms with Crippen molar-refractivity contribution in [1.82, 2.24) is 15.5 Å². The molecule has 0 aliphatic carbocycles. The van der Waals surface area contributed by atoms with Gasteiger partial charge in [0.15, 0.2) is 0 Å². The van der Waals surface area contributed by atoms with E-state index in [1.54, 1.807) is 0 Å². The maximum absolute atomic E-state index is 3.77. The lowest BCUT2D eigenvalue weighted by molar-refractivity contribution is 0.200. The number of hydrogen-bond acceptors (Lipinski definition) is 3. The lowest BCUT2D eigenvalue weighted by Crippen LogP contribution is -2.46. The van der Waals surface area contributed by atoms with Crippen LogP contribution in [0.2, 0.25) is 0 Å². The van der Waals surface area contributed by atoms with Crippen molar-refractivity contribution in [2.75, 3.05) is 32.7 Å². The highest BCUT2D eigenvalue weighted by atomic mass is 15.1. The van der Waals surface area contributed by atoms with Gasteiger partial charge in [0.25, 0.3) is 0 Å². The summed E-state index contributed by atoms with van der Waals surface area (Å²) >= 11 is 0. The third kappa shape index (κ3) is 2.69. The van der Waals surface area contributed by atoms with E-state index >= 15 is 0 Å². The van der Waals surface area contributed by atoms with Crippen LogP contribution in [-0.2, 0) is 0 Å². The summed E-state index contributed by atoms with van der Waals surface area (Å²) in [5, 5.41) is 7.18. The molecule has 2 rings (SSSR count). The van der Waals surface area contributed by atoms with Crippen LogP contribution in [0.25, 0.3) is 0 Å². The molecule has 2 heterocycles. The second-order valence-electron chi connectivity index (χ2n) is 4.56. The third-order valence-electron chi connectivity index (χ3n) is 3.57. The van der Waals surface area contributed by atoms with Crippen LogP contribution in [0.3, 0.4) is 0 Å². The van der Waals surface area contributed by atoms with Crippen LogP contribution in [0.5, 0.6) is 0 Å². The predicted octanol–water partition coefficient (Wildman–Crippen LogP) is 0.422. The summed E-state index contributed by atoms with van der Waals surface area (Å²) in [6, 6.07) is 1.52. The van der Waals surface area contributed by atoms with Gasteiger partial charge in [0.1, 0.15) is 0 Å². The molecule has 0 spiro atoms. The zero-order valence-electron chi connectivity index (χ0n) is 9.26. The van der Waals surface area contributed by atoms with Crippen molar-refractivity contribution in [2.45, 2.75) is 38.3 Å². The van der Waals surface area contributed by atoms with Gasteiger partial charge in [0, 0.05) is 18.6 Å². The molecule has 2 aliphatic rings. The Morgan fingerprint density at radius 2 is 2.00 bits per heavy atom. The van der Waals surface area contributed by atoms with Crippen LogP contribution in [-0.4, -0.2) is 49.7 Å². The molecule has 0 radical (unpaired) electrons. The summed E-state index contributed by atoms with van der Waals surface area (Å²) in [5.74, 6) is 0. The van der Waals surface area contributed by atoms with Gasteiger partial charge >= 0.3 is 0 Å². The summed E-state index contributed by atoms with van der Waals surface area (Å²) in [7, 11) is 0. The SMILES string of the molecule is CCN1CCC(NC2CCNC2)CC1. The minimum Gasteiger partial charge on any atom is -0.315 e. The fraction of sp³-hybridized carbons (Fsp3) is 1.00. The number of nitrogens with zero attached hydrogens (tertiary/aromatic N) is 1. The smallest absolute Gasteiger partial charge is 0.0207 e. The first kappa shape index (κ1) is 10.4. The van der Waals surface area contributed by atoms with Crippen molar-refractivity contribution >= 4 is 0 Å². The number of likely N-dealkylation sites (tertiary alicyclic amines) is 1. The Morgan fingerprint density at radius 1 is 1.21 bits per heavy atom. The summed E-state index contributed by atoms with van der Waals surface area (Å²) in [5.41, 5.74) is 0. The van der Waals surface area contributed by atoms with Gasteiger partial charge in [-0.15, -0.1) is 0 Å².